The van der Waals surface area contributed by atoms with Gasteiger partial charge in [0, 0.05) is 16.7 Å². The van der Waals surface area contributed by atoms with Crippen LogP contribution in [0, 0.1) is 29.5 Å². The minimum Gasteiger partial charge on any atom is -0.206 e. The molecule has 1 heteroatoms. The highest BCUT2D eigenvalue weighted by atomic mass is 19.1. The molecule has 0 aliphatic carbocycles. The van der Waals surface area contributed by atoms with Crippen molar-refractivity contribution in [3.8, 4) is 23.7 Å². The molecule has 3 aromatic carbocycles. The van der Waals surface area contributed by atoms with Crippen LogP contribution in [-0.2, 0) is 12.8 Å². The zero-order valence-electron chi connectivity index (χ0n) is 21.3. The van der Waals surface area contributed by atoms with Crippen molar-refractivity contribution in [1.82, 2.24) is 0 Å². The predicted molar refractivity (Wildman–Crippen MR) is 147 cm³/mol. The molecule has 0 aromatic heterocycles. The largest absolute Gasteiger partial charge is 0.206 e. The fourth-order valence-corrected chi connectivity index (χ4v) is 4.02. The second kappa shape index (κ2) is 14.9. The fraction of sp³-hybridized carbons (Fsp3) is 0.353. The quantitative estimate of drug-likeness (QED) is 0.208. The molecule has 0 saturated heterocycles. The van der Waals surface area contributed by atoms with E-state index in [-0.39, 0.29) is 5.82 Å². The maximum atomic E-state index is 14.6. The van der Waals surface area contributed by atoms with Crippen LogP contribution in [0.15, 0.2) is 66.7 Å². The summed E-state index contributed by atoms with van der Waals surface area (Å²) in [4.78, 5) is 0. The van der Waals surface area contributed by atoms with Gasteiger partial charge in [-0.15, -0.1) is 0 Å². The van der Waals surface area contributed by atoms with Gasteiger partial charge >= 0.3 is 0 Å². The zero-order valence-corrected chi connectivity index (χ0v) is 21.3. The molecule has 0 heterocycles. The van der Waals surface area contributed by atoms with E-state index in [0.29, 0.717) is 11.1 Å². The molecule has 0 saturated carbocycles. The number of benzene rings is 3. The number of hydrogen-bond acceptors (Lipinski definition) is 0. The monoisotopic (exact) mass is 464 g/mol. The Balaban J connectivity index is 1.49. The summed E-state index contributed by atoms with van der Waals surface area (Å²) in [5.41, 5.74) is 5.51. The van der Waals surface area contributed by atoms with Crippen LogP contribution in [0.2, 0.25) is 0 Å². The number of halogens is 1. The Labute approximate surface area is 212 Å². The highest BCUT2D eigenvalue weighted by Crippen LogP contribution is 2.13. The van der Waals surface area contributed by atoms with Gasteiger partial charge in [0.05, 0.1) is 5.56 Å². The summed E-state index contributed by atoms with van der Waals surface area (Å²) in [6.07, 6.45) is 12.8. The maximum Gasteiger partial charge on any atom is 0.140 e. The van der Waals surface area contributed by atoms with Crippen molar-refractivity contribution in [3.63, 3.8) is 0 Å². The van der Waals surface area contributed by atoms with Crippen molar-refractivity contribution in [1.29, 1.82) is 0 Å². The van der Waals surface area contributed by atoms with E-state index in [1.54, 1.807) is 6.07 Å². The Morgan fingerprint density at radius 3 is 1.66 bits per heavy atom. The van der Waals surface area contributed by atoms with E-state index in [0.717, 1.165) is 24.0 Å². The molecule has 3 rings (SSSR count). The third kappa shape index (κ3) is 9.47. The van der Waals surface area contributed by atoms with Crippen molar-refractivity contribution < 1.29 is 4.39 Å². The Morgan fingerprint density at radius 2 is 1.06 bits per heavy atom. The molecule has 0 atom stereocenters. The van der Waals surface area contributed by atoms with Crippen molar-refractivity contribution >= 4 is 0 Å². The number of unbranched alkanes of at least 4 members (excludes halogenated alkanes) is 7. The van der Waals surface area contributed by atoms with Crippen LogP contribution in [0.1, 0.15) is 98.6 Å². The summed E-state index contributed by atoms with van der Waals surface area (Å²) in [6.45, 7) is 4.39. The summed E-state index contributed by atoms with van der Waals surface area (Å²) in [5.74, 6) is 11.9. The molecule has 0 amide bonds. The van der Waals surface area contributed by atoms with Gasteiger partial charge in [-0.3, -0.25) is 0 Å². The molecule has 35 heavy (non-hydrogen) atoms. The number of aryl methyl sites for hydroxylation is 2. The van der Waals surface area contributed by atoms with Crippen LogP contribution < -0.4 is 0 Å². The van der Waals surface area contributed by atoms with Crippen LogP contribution >= 0.6 is 0 Å². The first-order chi connectivity index (χ1) is 17.2. The second-order valence-corrected chi connectivity index (χ2v) is 9.17. The van der Waals surface area contributed by atoms with Gasteiger partial charge in [0.2, 0.25) is 0 Å². The highest BCUT2D eigenvalue weighted by molar-refractivity contribution is 5.49. The molecule has 180 valence electrons. The van der Waals surface area contributed by atoms with Gasteiger partial charge in [-0.05, 0) is 72.9 Å². The minimum atomic E-state index is -0.336. The molecule has 0 bridgehead atoms. The van der Waals surface area contributed by atoms with Gasteiger partial charge in [0.25, 0.3) is 0 Å². The van der Waals surface area contributed by atoms with E-state index < -0.39 is 0 Å². The average Bonchev–Trinajstić information content (AvgIpc) is 2.89. The van der Waals surface area contributed by atoms with E-state index in [9.17, 15) is 4.39 Å². The smallest absolute Gasteiger partial charge is 0.140 e. The fourth-order valence-electron chi connectivity index (χ4n) is 4.02. The zero-order chi connectivity index (χ0) is 24.7. The van der Waals surface area contributed by atoms with Crippen LogP contribution in [0.25, 0.3) is 0 Å². The summed E-state index contributed by atoms with van der Waals surface area (Å²) >= 11 is 0. The molecule has 0 aliphatic heterocycles. The second-order valence-electron chi connectivity index (χ2n) is 9.17. The molecule has 0 unspecified atom stereocenters. The van der Waals surface area contributed by atoms with Gasteiger partial charge in [-0.1, -0.05) is 107 Å². The normalized spacial score (nSPS) is 10.3. The van der Waals surface area contributed by atoms with Crippen molar-refractivity contribution in [2.24, 2.45) is 0 Å². The lowest BCUT2D eigenvalue weighted by molar-refractivity contribution is 0.575. The SMILES string of the molecule is CCCCCCCCCCc1ccc(C#Cc2ccc(C#Cc3ccc(CC)cc3)cc2F)cc1. The lowest BCUT2D eigenvalue weighted by Gasteiger charge is -2.03. The van der Waals surface area contributed by atoms with Gasteiger partial charge in [0.15, 0.2) is 0 Å². The van der Waals surface area contributed by atoms with Gasteiger partial charge in [-0.25, -0.2) is 4.39 Å². The van der Waals surface area contributed by atoms with Crippen LogP contribution in [0.5, 0.6) is 0 Å². The van der Waals surface area contributed by atoms with Crippen molar-refractivity contribution in [3.05, 3.63) is 106 Å². The molecule has 0 nitrogen and oxygen atoms in total. The lowest BCUT2D eigenvalue weighted by atomic mass is 10.0. The Hall–Kier alpha value is -3.29. The first kappa shape index (κ1) is 26.3. The Kier molecular flexibility index (Phi) is 11.2. The van der Waals surface area contributed by atoms with E-state index >= 15 is 0 Å². The standard InChI is InChI=1S/C34H37F/c1-3-5-6-7-8-9-10-11-12-29-17-19-31(20-18-29)23-25-33-26-24-32(27-34(33)35)22-21-30-15-13-28(4-2)14-16-30/h13-20,24,26-27H,3-12H2,1-2H3. The van der Waals surface area contributed by atoms with Gasteiger partial charge in [0.1, 0.15) is 5.82 Å². The molecular formula is C34H37F. The number of hydrogen-bond donors (Lipinski definition) is 0. The van der Waals surface area contributed by atoms with Crippen LogP contribution in [-0.4, -0.2) is 0 Å². The number of rotatable bonds is 10. The third-order valence-electron chi connectivity index (χ3n) is 6.30. The Bertz CT molecular complexity index is 1160. The summed E-state index contributed by atoms with van der Waals surface area (Å²) in [6, 6.07) is 21.5. The Morgan fingerprint density at radius 1 is 0.543 bits per heavy atom. The minimum absolute atomic E-state index is 0.336. The van der Waals surface area contributed by atoms with Crippen LogP contribution in [0.4, 0.5) is 4.39 Å². The third-order valence-corrected chi connectivity index (χ3v) is 6.30. The first-order valence-corrected chi connectivity index (χ1v) is 13.2. The van der Waals surface area contributed by atoms with Crippen LogP contribution in [0.3, 0.4) is 0 Å². The average molecular weight is 465 g/mol. The van der Waals surface area contributed by atoms with Gasteiger partial charge < -0.3 is 0 Å². The molecule has 3 aromatic rings. The molecule has 0 fully saturated rings. The maximum absolute atomic E-state index is 14.6. The first-order valence-electron chi connectivity index (χ1n) is 13.2. The summed E-state index contributed by atoms with van der Waals surface area (Å²) < 4.78 is 14.6. The van der Waals surface area contributed by atoms with E-state index in [4.69, 9.17) is 0 Å². The van der Waals surface area contributed by atoms with Crippen molar-refractivity contribution in [2.45, 2.75) is 78.1 Å². The molecule has 0 radical (unpaired) electrons. The van der Waals surface area contributed by atoms with Crippen molar-refractivity contribution in [2.75, 3.05) is 0 Å². The predicted octanol–water partition coefficient (Wildman–Crippen LogP) is 8.87. The van der Waals surface area contributed by atoms with E-state index in [2.05, 4.69) is 61.8 Å². The summed E-state index contributed by atoms with van der Waals surface area (Å²) in [5, 5.41) is 0. The molecule has 0 N–H and O–H groups in total. The molecule has 0 spiro atoms. The van der Waals surface area contributed by atoms with Gasteiger partial charge in [-0.2, -0.15) is 0 Å². The summed E-state index contributed by atoms with van der Waals surface area (Å²) in [7, 11) is 0. The molecular weight excluding hydrogens is 427 g/mol. The lowest BCUT2D eigenvalue weighted by Crippen LogP contribution is -1.88. The topological polar surface area (TPSA) is 0 Å². The van der Waals surface area contributed by atoms with E-state index in [1.165, 1.54) is 68.6 Å². The molecule has 0 aliphatic rings. The van der Waals surface area contributed by atoms with E-state index in [1.807, 2.05) is 30.3 Å². The highest BCUT2D eigenvalue weighted by Gasteiger charge is 2.00.